The van der Waals surface area contributed by atoms with Crippen LogP contribution in [0.1, 0.15) is 31.9 Å². The first-order chi connectivity index (χ1) is 9.96. The quantitative estimate of drug-likeness (QED) is 0.640. The summed E-state index contributed by atoms with van der Waals surface area (Å²) < 4.78 is 11.1. The minimum absolute atomic E-state index is 0.414. The van der Waals surface area contributed by atoms with Crippen LogP contribution in [0.2, 0.25) is 19.6 Å². The Bertz CT molecular complexity index is 524. The Morgan fingerprint density at radius 2 is 1.73 bits per heavy atom. The molecule has 0 radical (unpaired) electrons. The Labute approximate surface area is 134 Å². The maximum absolute atomic E-state index is 11.6. The van der Waals surface area contributed by atoms with Crippen LogP contribution in [0.25, 0.3) is 5.76 Å². The topological polar surface area (TPSA) is 47.6 Å². The van der Waals surface area contributed by atoms with Crippen LogP contribution in [0, 0.1) is 0 Å². The van der Waals surface area contributed by atoms with Gasteiger partial charge < -0.3 is 14.5 Å². The van der Waals surface area contributed by atoms with Crippen LogP contribution in [-0.2, 0) is 15.7 Å². The standard InChI is InChI=1S/C17H27NO3Si/c1-13(21-22(5,6)7)15-10-8-14(9-11-15)12-18-16(19)20-17(2,3)4/h8-11H,1,12H2,2-7H3,(H,18,19). The molecule has 1 aromatic carbocycles. The Morgan fingerprint density at radius 3 is 2.18 bits per heavy atom. The minimum atomic E-state index is -1.64. The number of rotatable bonds is 5. The van der Waals surface area contributed by atoms with E-state index in [1.54, 1.807) is 0 Å². The van der Waals surface area contributed by atoms with Gasteiger partial charge in [-0.1, -0.05) is 30.8 Å². The maximum atomic E-state index is 11.6. The monoisotopic (exact) mass is 321 g/mol. The molecule has 0 aliphatic carbocycles. The molecule has 0 spiro atoms. The number of amides is 1. The molecule has 0 heterocycles. The molecule has 4 nitrogen and oxygen atoms in total. The fourth-order valence-electron chi connectivity index (χ4n) is 1.73. The van der Waals surface area contributed by atoms with Gasteiger partial charge >= 0.3 is 6.09 Å². The van der Waals surface area contributed by atoms with Crippen molar-refractivity contribution in [2.75, 3.05) is 0 Å². The van der Waals surface area contributed by atoms with Crippen LogP contribution in [0.15, 0.2) is 30.8 Å². The summed E-state index contributed by atoms with van der Waals surface area (Å²) >= 11 is 0. The van der Waals surface area contributed by atoms with E-state index in [0.717, 1.165) is 11.1 Å². The van der Waals surface area contributed by atoms with E-state index in [2.05, 4.69) is 31.5 Å². The van der Waals surface area contributed by atoms with Crippen molar-refractivity contribution in [3.63, 3.8) is 0 Å². The van der Waals surface area contributed by atoms with Crippen molar-refractivity contribution in [1.82, 2.24) is 5.32 Å². The third-order valence-corrected chi connectivity index (χ3v) is 3.40. The SMILES string of the molecule is C=C(O[Si](C)(C)C)c1ccc(CNC(=O)OC(C)(C)C)cc1. The predicted molar refractivity (Wildman–Crippen MR) is 93.0 cm³/mol. The molecule has 5 heteroatoms. The normalized spacial score (nSPS) is 11.7. The lowest BCUT2D eigenvalue weighted by atomic mass is 10.1. The average Bonchev–Trinajstić information content (AvgIpc) is 2.33. The van der Waals surface area contributed by atoms with Crippen molar-refractivity contribution >= 4 is 20.2 Å². The molecule has 0 unspecified atom stereocenters. The molecular weight excluding hydrogens is 294 g/mol. The molecule has 1 amide bonds. The highest BCUT2D eigenvalue weighted by molar-refractivity contribution is 6.70. The molecule has 0 saturated heterocycles. The van der Waals surface area contributed by atoms with Crippen LogP contribution < -0.4 is 5.32 Å². The van der Waals surface area contributed by atoms with Gasteiger partial charge in [-0.2, -0.15) is 0 Å². The minimum Gasteiger partial charge on any atom is -0.544 e. The second-order valence-corrected chi connectivity index (χ2v) is 11.6. The average molecular weight is 321 g/mol. The van der Waals surface area contributed by atoms with Crippen molar-refractivity contribution in [3.8, 4) is 0 Å². The van der Waals surface area contributed by atoms with E-state index in [1.165, 1.54) is 0 Å². The summed E-state index contributed by atoms with van der Waals surface area (Å²) in [5.74, 6) is 0.700. The number of benzene rings is 1. The molecule has 22 heavy (non-hydrogen) atoms. The number of hydrogen-bond donors (Lipinski definition) is 1. The predicted octanol–water partition coefficient (Wildman–Crippen LogP) is 4.53. The largest absolute Gasteiger partial charge is 0.544 e. The highest BCUT2D eigenvalue weighted by atomic mass is 28.4. The molecule has 0 atom stereocenters. The first-order valence-electron chi connectivity index (χ1n) is 7.40. The van der Waals surface area contributed by atoms with Gasteiger partial charge in [0.15, 0.2) is 0 Å². The van der Waals surface area contributed by atoms with E-state index >= 15 is 0 Å². The third kappa shape index (κ3) is 7.31. The van der Waals surface area contributed by atoms with Gasteiger partial charge in [-0.3, -0.25) is 0 Å². The second-order valence-electron chi connectivity index (χ2n) is 7.19. The van der Waals surface area contributed by atoms with Crippen molar-refractivity contribution in [1.29, 1.82) is 0 Å². The highest BCUT2D eigenvalue weighted by Gasteiger charge is 2.18. The number of ether oxygens (including phenoxy) is 1. The van der Waals surface area contributed by atoms with Crippen molar-refractivity contribution in [2.45, 2.75) is 52.6 Å². The summed E-state index contributed by atoms with van der Waals surface area (Å²) in [4.78, 5) is 11.6. The van der Waals surface area contributed by atoms with E-state index in [4.69, 9.17) is 9.16 Å². The summed E-state index contributed by atoms with van der Waals surface area (Å²) in [5, 5.41) is 2.73. The zero-order valence-electron chi connectivity index (χ0n) is 14.4. The number of hydrogen-bond acceptors (Lipinski definition) is 3. The van der Waals surface area contributed by atoms with Crippen LogP contribution in [0.5, 0.6) is 0 Å². The number of carbonyl (C=O) groups is 1. The lowest BCUT2D eigenvalue weighted by Crippen LogP contribution is -2.32. The van der Waals surface area contributed by atoms with Crippen molar-refractivity contribution < 1.29 is 14.0 Å². The van der Waals surface area contributed by atoms with Gasteiger partial charge in [0.25, 0.3) is 0 Å². The second kappa shape index (κ2) is 7.00. The van der Waals surface area contributed by atoms with Gasteiger partial charge in [-0.05, 0) is 46.0 Å². The lowest BCUT2D eigenvalue weighted by Gasteiger charge is -2.21. The Hall–Kier alpha value is -1.75. The Morgan fingerprint density at radius 1 is 1.18 bits per heavy atom. The fourth-order valence-corrected chi connectivity index (χ4v) is 2.58. The van der Waals surface area contributed by atoms with Gasteiger partial charge in [0, 0.05) is 12.1 Å². The Kier molecular flexibility index (Phi) is 5.83. The number of nitrogens with one attached hydrogen (secondary N) is 1. The first-order valence-corrected chi connectivity index (χ1v) is 10.8. The summed E-state index contributed by atoms with van der Waals surface area (Å²) in [6, 6.07) is 7.81. The number of alkyl carbamates (subject to hydrolysis) is 1. The molecule has 0 aliphatic heterocycles. The van der Waals surface area contributed by atoms with Gasteiger partial charge in [-0.25, -0.2) is 4.79 Å². The summed E-state index contributed by atoms with van der Waals surface area (Å²) in [6.07, 6.45) is -0.414. The molecule has 1 aromatic rings. The molecule has 0 saturated carbocycles. The van der Waals surface area contributed by atoms with Gasteiger partial charge in [-0.15, -0.1) is 0 Å². The molecule has 1 N–H and O–H groups in total. The van der Waals surface area contributed by atoms with Crippen LogP contribution in [0.3, 0.4) is 0 Å². The zero-order chi connectivity index (χ0) is 17.0. The van der Waals surface area contributed by atoms with Crippen LogP contribution >= 0.6 is 0 Å². The smallest absolute Gasteiger partial charge is 0.407 e. The molecule has 0 aromatic heterocycles. The van der Waals surface area contributed by atoms with Gasteiger partial charge in [0.2, 0.25) is 8.32 Å². The summed E-state index contributed by atoms with van der Waals surface area (Å²) in [7, 11) is -1.64. The molecule has 1 rings (SSSR count). The highest BCUT2D eigenvalue weighted by Crippen LogP contribution is 2.19. The zero-order valence-corrected chi connectivity index (χ0v) is 15.4. The van der Waals surface area contributed by atoms with Gasteiger partial charge in [0.05, 0.1) is 0 Å². The van der Waals surface area contributed by atoms with E-state index in [9.17, 15) is 4.79 Å². The van der Waals surface area contributed by atoms with E-state index in [1.807, 2.05) is 45.0 Å². The molecule has 0 bridgehead atoms. The van der Waals surface area contributed by atoms with E-state index < -0.39 is 20.0 Å². The maximum Gasteiger partial charge on any atom is 0.407 e. The van der Waals surface area contributed by atoms with Crippen molar-refractivity contribution in [2.24, 2.45) is 0 Å². The summed E-state index contributed by atoms with van der Waals surface area (Å²) in [5.41, 5.74) is 1.47. The molecule has 122 valence electrons. The lowest BCUT2D eigenvalue weighted by molar-refractivity contribution is 0.0523. The van der Waals surface area contributed by atoms with E-state index in [0.29, 0.717) is 12.3 Å². The molecular formula is C17H27NO3Si. The Balaban J connectivity index is 2.55. The fraction of sp³-hybridized carbons (Fsp3) is 0.471. The van der Waals surface area contributed by atoms with Gasteiger partial charge in [0.1, 0.15) is 11.4 Å². The third-order valence-electron chi connectivity index (χ3n) is 2.54. The molecule has 0 fully saturated rings. The molecule has 0 aliphatic rings. The van der Waals surface area contributed by atoms with Crippen LogP contribution in [-0.4, -0.2) is 20.0 Å². The van der Waals surface area contributed by atoms with E-state index in [-0.39, 0.29) is 0 Å². The first kappa shape index (κ1) is 18.3. The summed E-state index contributed by atoms with van der Waals surface area (Å²) in [6.45, 7) is 16.3. The van der Waals surface area contributed by atoms with Crippen molar-refractivity contribution in [3.05, 3.63) is 42.0 Å². The van der Waals surface area contributed by atoms with Crippen LogP contribution in [0.4, 0.5) is 4.79 Å². The number of carbonyl (C=O) groups excluding carboxylic acids is 1.